The molecule has 0 saturated carbocycles. The van der Waals surface area contributed by atoms with Crippen molar-refractivity contribution in [2.24, 2.45) is 0 Å². The van der Waals surface area contributed by atoms with Crippen LogP contribution in [0.3, 0.4) is 0 Å². The molecule has 10 aromatic carbocycles. The number of anilines is 6. The molecular formula is C59H50N2Si2. The van der Waals surface area contributed by atoms with E-state index in [2.05, 4.69) is 255 Å². The average Bonchev–Trinajstić information content (AvgIpc) is 3.32. The van der Waals surface area contributed by atoms with Crippen LogP contribution in [-0.2, 0) is 0 Å². The quantitative estimate of drug-likeness (QED) is 0.111. The number of hydrogen-bond donors (Lipinski definition) is 0. The lowest BCUT2D eigenvalue weighted by Gasteiger charge is -2.36. The van der Waals surface area contributed by atoms with Gasteiger partial charge in [0, 0.05) is 33.7 Å². The van der Waals surface area contributed by atoms with E-state index >= 15 is 0 Å². The predicted molar refractivity (Wildman–Crippen MR) is 279 cm³/mol. The van der Waals surface area contributed by atoms with E-state index in [1.165, 1.54) is 87.2 Å². The molecule has 63 heavy (non-hydrogen) atoms. The minimum absolute atomic E-state index is 1.14. The Morgan fingerprint density at radius 1 is 0.349 bits per heavy atom. The van der Waals surface area contributed by atoms with E-state index in [0.717, 1.165) is 17.1 Å². The molecule has 0 bridgehead atoms. The molecule has 0 spiro atoms. The minimum atomic E-state index is -2.26. The first-order chi connectivity index (χ1) is 30.7. The highest BCUT2D eigenvalue weighted by Gasteiger charge is 2.37. The van der Waals surface area contributed by atoms with Gasteiger partial charge in [0.15, 0.2) is 0 Å². The molecule has 4 heteroatoms. The summed E-state index contributed by atoms with van der Waals surface area (Å²) in [6.07, 6.45) is 0. The van der Waals surface area contributed by atoms with Crippen LogP contribution in [0.4, 0.5) is 34.1 Å². The fourth-order valence-corrected chi connectivity index (χ4v) is 14.4. The Hall–Kier alpha value is -6.99. The Kier molecular flexibility index (Phi) is 9.34. The topological polar surface area (TPSA) is 6.48 Å². The second kappa shape index (κ2) is 15.1. The minimum Gasteiger partial charge on any atom is -0.310 e. The van der Waals surface area contributed by atoms with Crippen molar-refractivity contribution in [1.82, 2.24) is 0 Å². The van der Waals surface area contributed by atoms with Gasteiger partial charge in [-0.1, -0.05) is 184 Å². The number of fused-ring (bicyclic) bond motifs is 6. The molecule has 0 aliphatic carbocycles. The maximum Gasteiger partial charge on any atom is 0.113 e. The van der Waals surface area contributed by atoms with Gasteiger partial charge in [0.1, 0.15) is 8.07 Å². The first-order valence-electron chi connectivity index (χ1n) is 22.2. The van der Waals surface area contributed by atoms with E-state index in [9.17, 15) is 0 Å². The third kappa shape index (κ3) is 6.52. The molecule has 0 saturated heterocycles. The third-order valence-corrected chi connectivity index (χ3v) is 19.0. The van der Waals surface area contributed by atoms with Crippen molar-refractivity contribution in [2.45, 2.75) is 32.7 Å². The van der Waals surface area contributed by atoms with Gasteiger partial charge in [-0.3, -0.25) is 0 Å². The van der Waals surface area contributed by atoms with Crippen LogP contribution >= 0.6 is 0 Å². The highest BCUT2D eigenvalue weighted by Crippen LogP contribution is 2.47. The number of nitrogens with zero attached hydrogens (tertiary/aromatic N) is 2. The zero-order valence-electron chi connectivity index (χ0n) is 36.6. The van der Waals surface area contributed by atoms with Gasteiger partial charge < -0.3 is 9.80 Å². The summed E-state index contributed by atoms with van der Waals surface area (Å²) in [6.45, 7) is 12.4. The van der Waals surface area contributed by atoms with Crippen molar-refractivity contribution < 1.29 is 0 Å². The smallest absolute Gasteiger partial charge is 0.113 e. The molecule has 1 aliphatic heterocycles. The first kappa shape index (κ1) is 38.9. The number of rotatable bonds is 8. The van der Waals surface area contributed by atoms with E-state index in [-0.39, 0.29) is 0 Å². The van der Waals surface area contributed by atoms with Crippen molar-refractivity contribution in [2.75, 3.05) is 9.80 Å². The molecule has 0 amide bonds. The zero-order chi connectivity index (χ0) is 42.9. The van der Waals surface area contributed by atoms with Crippen molar-refractivity contribution >= 4 is 98.1 Å². The van der Waals surface area contributed by atoms with Gasteiger partial charge in [-0.2, -0.15) is 0 Å². The van der Waals surface area contributed by atoms with E-state index in [1.54, 1.807) is 0 Å². The fraction of sp³-hybridized carbons (Fsp3) is 0.0847. The normalized spacial score (nSPS) is 13.0. The predicted octanol–water partition coefficient (Wildman–Crippen LogP) is 15.1. The maximum atomic E-state index is 2.55. The first-order valence-corrected chi connectivity index (χ1v) is 28.7. The van der Waals surface area contributed by atoms with Gasteiger partial charge in [-0.25, -0.2) is 0 Å². The molecule has 1 heterocycles. The summed E-state index contributed by atoms with van der Waals surface area (Å²) in [5, 5.41) is 12.2. The Morgan fingerprint density at radius 3 is 1.57 bits per heavy atom. The van der Waals surface area contributed by atoms with E-state index in [0.29, 0.717) is 0 Å². The molecule has 0 radical (unpaired) electrons. The van der Waals surface area contributed by atoms with E-state index < -0.39 is 16.1 Å². The highest BCUT2D eigenvalue weighted by atomic mass is 28.3. The summed E-state index contributed by atoms with van der Waals surface area (Å²) >= 11 is 0. The molecule has 11 rings (SSSR count). The Morgan fingerprint density at radius 2 is 0.889 bits per heavy atom. The summed E-state index contributed by atoms with van der Waals surface area (Å²) in [7, 11) is -3.73. The van der Waals surface area contributed by atoms with Crippen LogP contribution < -0.4 is 25.4 Å². The SMILES string of the molecule is C[Si](C)(C)c1ccc(N(c2ccccc2)c2cc3c4cccc5c4c(cc3c3ccccc23)-c2ccc(N(c3ccccc3)c3ccccc3-c3ccccc3)cc2[Si]5(C)C)cc1. The van der Waals surface area contributed by atoms with Crippen LogP contribution in [0.25, 0.3) is 54.6 Å². The molecule has 0 unspecified atom stereocenters. The lowest BCUT2D eigenvalue weighted by molar-refractivity contribution is 1.29. The van der Waals surface area contributed by atoms with Crippen LogP contribution in [0.1, 0.15) is 0 Å². The molecular weight excluding hydrogens is 793 g/mol. The third-order valence-electron chi connectivity index (χ3n) is 13.4. The Balaban J connectivity index is 1.14. The number of para-hydroxylation sites is 3. The largest absolute Gasteiger partial charge is 0.310 e. The van der Waals surface area contributed by atoms with Gasteiger partial charge in [-0.05, 0) is 121 Å². The Labute approximate surface area is 373 Å². The summed E-state index contributed by atoms with van der Waals surface area (Å²) in [5.41, 5.74) is 12.1. The summed E-state index contributed by atoms with van der Waals surface area (Å²) in [5.74, 6) is 0. The van der Waals surface area contributed by atoms with E-state index in [1.807, 2.05) is 0 Å². The van der Waals surface area contributed by atoms with Gasteiger partial charge >= 0.3 is 0 Å². The lowest BCUT2D eigenvalue weighted by atomic mass is 9.89. The van der Waals surface area contributed by atoms with Crippen LogP contribution in [0, 0.1) is 0 Å². The molecule has 0 atom stereocenters. The average molecular weight is 843 g/mol. The molecule has 304 valence electrons. The molecule has 10 aromatic rings. The second-order valence-corrected chi connectivity index (χ2v) is 28.0. The van der Waals surface area contributed by atoms with Gasteiger partial charge in [-0.15, -0.1) is 0 Å². The van der Waals surface area contributed by atoms with Crippen LogP contribution in [0.15, 0.2) is 212 Å². The molecule has 1 aliphatic rings. The lowest BCUT2D eigenvalue weighted by Crippen LogP contribution is -2.56. The highest BCUT2D eigenvalue weighted by molar-refractivity contribution is 7.03. The van der Waals surface area contributed by atoms with Crippen LogP contribution in [-0.4, -0.2) is 16.1 Å². The van der Waals surface area contributed by atoms with Crippen molar-refractivity contribution in [3.8, 4) is 22.3 Å². The molecule has 2 nitrogen and oxygen atoms in total. The standard InChI is InChI=1S/C59H50N2Si2/c1-62(2,3)46-35-32-44(33-36-46)60(42-22-11-7-12-23-42)56-40-53-51-29-19-31-57-59(51)54(39-52(53)48-27-15-16-28-49(48)56)50-37-34-45(38-58(50)63(57,4)5)61(43-24-13-8-14-25-43)55-30-18-17-26-47(55)41-20-9-6-10-21-41/h6-40H,1-5H3. The summed E-state index contributed by atoms with van der Waals surface area (Å²) in [4.78, 5) is 4.92. The van der Waals surface area contributed by atoms with Crippen molar-refractivity contribution in [1.29, 1.82) is 0 Å². The van der Waals surface area contributed by atoms with Gasteiger partial charge in [0.05, 0.1) is 19.4 Å². The number of hydrogen-bond acceptors (Lipinski definition) is 2. The van der Waals surface area contributed by atoms with E-state index in [4.69, 9.17) is 0 Å². The maximum absolute atomic E-state index is 2.55. The van der Waals surface area contributed by atoms with Crippen molar-refractivity contribution in [3.63, 3.8) is 0 Å². The van der Waals surface area contributed by atoms with Gasteiger partial charge in [0.25, 0.3) is 0 Å². The van der Waals surface area contributed by atoms with Crippen molar-refractivity contribution in [3.05, 3.63) is 212 Å². The molecule has 0 aromatic heterocycles. The summed E-state index contributed by atoms with van der Waals surface area (Å²) in [6, 6.07) is 79.2. The Bertz CT molecular complexity index is 3340. The fourth-order valence-electron chi connectivity index (χ4n) is 10.2. The monoisotopic (exact) mass is 842 g/mol. The van der Waals surface area contributed by atoms with Gasteiger partial charge in [0.2, 0.25) is 0 Å². The second-order valence-electron chi connectivity index (χ2n) is 18.6. The summed E-state index contributed by atoms with van der Waals surface area (Å²) < 4.78 is 0. The molecule has 0 fully saturated rings. The molecule has 0 N–H and O–H groups in total. The number of benzene rings is 10. The van der Waals surface area contributed by atoms with Crippen LogP contribution in [0.5, 0.6) is 0 Å². The zero-order valence-corrected chi connectivity index (χ0v) is 38.6. The van der Waals surface area contributed by atoms with Crippen LogP contribution in [0.2, 0.25) is 32.7 Å².